The van der Waals surface area contributed by atoms with Crippen LogP contribution in [0.4, 0.5) is 4.79 Å². The Labute approximate surface area is 125 Å². The Balaban J connectivity index is 2.47. The molecule has 2 N–H and O–H groups in total. The number of aliphatic carboxylic acids is 1. The fourth-order valence-corrected chi connectivity index (χ4v) is 2.62. The highest BCUT2D eigenvalue weighted by Gasteiger charge is 2.45. The number of nitrogens with one attached hydrogen (secondary N) is 1. The van der Waals surface area contributed by atoms with Gasteiger partial charge in [0.1, 0.15) is 0 Å². The molecule has 1 fully saturated rings. The molecular formula is C14H25N3O4. The molecule has 1 aliphatic rings. The van der Waals surface area contributed by atoms with Crippen LogP contribution in [0.3, 0.4) is 0 Å². The quantitative estimate of drug-likeness (QED) is 0.757. The van der Waals surface area contributed by atoms with Gasteiger partial charge in [-0.3, -0.25) is 9.59 Å². The second-order valence-corrected chi connectivity index (χ2v) is 5.78. The number of carbonyl (C=O) groups is 3. The standard InChI is InChI=1S/C14H25N3O4/c1-4-6-14(12(19)20)7-9-17(10-14)13(21)15-8-5-11(18)16(2)3/h4-10H2,1-3H3,(H,15,21)(H,19,20). The molecule has 0 aromatic rings. The summed E-state index contributed by atoms with van der Waals surface area (Å²) in [4.78, 5) is 37.9. The normalized spacial score (nSPS) is 21.2. The molecule has 1 atom stereocenters. The van der Waals surface area contributed by atoms with E-state index in [-0.39, 0.29) is 31.4 Å². The molecule has 0 spiro atoms. The Morgan fingerprint density at radius 1 is 1.33 bits per heavy atom. The summed E-state index contributed by atoms with van der Waals surface area (Å²) in [7, 11) is 3.33. The van der Waals surface area contributed by atoms with Crippen LogP contribution in [-0.2, 0) is 9.59 Å². The van der Waals surface area contributed by atoms with Crippen molar-refractivity contribution in [1.82, 2.24) is 15.1 Å². The number of urea groups is 1. The fourth-order valence-electron chi connectivity index (χ4n) is 2.62. The topological polar surface area (TPSA) is 90.0 Å². The highest BCUT2D eigenvalue weighted by Crippen LogP contribution is 2.35. The van der Waals surface area contributed by atoms with E-state index in [1.807, 2.05) is 6.92 Å². The van der Waals surface area contributed by atoms with Crippen LogP contribution in [0, 0.1) is 5.41 Å². The number of likely N-dealkylation sites (tertiary alicyclic amines) is 1. The van der Waals surface area contributed by atoms with E-state index < -0.39 is 11.4 Å². The van der Waals surface area contributed by atoms with Crippen LogP contribution in [0.15, 0.2) is 0 Å². The second-order valence-electron chi connectivity index (χ2n) is 5.78. The molecule has 0 aromatic carbocycles. The Hall–Kier alpha value is -1.79. The van der Waals surface area contributed by atoms with Crippen LogP contribution < -0.4 is 5.32 Å². The summed E-state index contributed by atoms with van der Waals surface area (Å²) in [5, 5.41) is 12.1. The SMILES string of the molecule is CCCC1(C(=O)O)CCN(C(=O)NCCC(=O)N(C)C)C1. The van der Waals surface area contributed by atoms with Crippen LogP contribution in [-0.4, -0.2) is 66.5 Å². The van der Waals surface area contributed by atoms with Crippen LogP contribution in [0.1, 0.15) is 32.6 Å². The van der Waals surface area contributed by atoms with Gasteiger partial charge in [0.2, 0.25) is 5.91 Å². The van der Waals surface area contributed by atoms with E-state index >= 15 is 0 Å². The number of amides is 3. The lowest BCUT2D eigenvalue weighted by molar-refractivity contribution is -0.148. The Morgan fingerprint density at radius 3 is 2.52 bits per heavy atom. The van der Waals surface area contributed by atoms with E-state index in [0.717, 1.165) is 6.42 Å². The largest absolute Gasteiger partial charge is 0.481 e. The van der Waals surface area contributed by atoms with Gasteiger partial charge in [-0.25, -0.2) is 4.79 Å². The molecule has 0 aliphatic carbocycles. The maximum atomic E-state index is 12.0. The van der Waals surface area contributed by atoms with Crippen molar-refractivity contribution in [1.29, 1.82) is 0 Å². The molecular weight excluding hydrogens is 274 g/mol. The van der Waals surface area contributed by atoms with E-state index in [2.05, 4.69) is 5.32 Å². The summed E-state index contributed by atoms with van der Waals surface area (Å²) in [5.41, 5.74) is -0.814. The lowest BCUT2D eigenvalue weighted by atomic mass is 9.83. The molecule has 1 saturated heterocycles. The summed E-state index contributed by atoms with van der Waals surface area (Å²) >= 11 is 0. The molecule has 0 bridgehead atoms. The molecule has 7 nitrogen and oxygen atoms in total. The van der Waals surface area contributed by atoms with Gasteiger partial charge in [-0.2, -0.15) is 0 Å². The lowest BCUT2D eigenvalue weighted by Crippen LogP contribution is -2.42. The molecule has 7 heteroatoms. The van der Waals surface area contributed by atoms with Gasteiger partial charge in [0.05, 0.1) is 5.41 Å². The minimum absolute atomic E-state index is 0.0532. The molecule has 120 valence electrons. The zero-order chi connectivity index (χ0) is 16.0. The third-order valence-corrected chi connectivity index (χ3v) is 3.94. The fraction of sp³-hybridized carbons (Fsp3) is 0.786. The van der Waals surface area contributed by atoms with Gasteiger partial charge < -0.3 is 20.2 Å². The van der Waals surface area contributed by atoms with Gasteiger partial charge in [0.15, 0.2) is 0 Å². The number of carboxylic acid groups (broad SMARTS) is 1. The zero-order valence-corrected chi connectivity index (χ0v) is 13.0. The Kier molecular flexibility index (Phi) is 5.99. The molecule has 3 amide bonds. The molecule has 21 heavy (non-hydrogen) atoms. The van der Waals surface area contributed by atoms with Crippen molar-refractivity contribution in [3.05, 3.63) is 0 Å². The molecule has 1 rings (SSSR count). The van der Waals surface area contributed by atoms with Crippen molar-refractivity contribution in [2.75, 3.05) is 33.7 Å². The van der Waals surface area contributed by atoms with Gasteiger partial charge in [-0.15, -0.1) is 0 Å². The smallest absolute Gasteiger partial charge is 0.317 e. The van der Waals surface area contributed by atoms with Crippen LogP contribution >= 0.6 is 0 Å². The maximum absolute atomic E-state index is 12.0. The third-order valence-electron chi connectivity index (χ3n) is 3.94. The average molecular weight is 299 g/mol. The first-order valence-corrected chi connectivity index (χ1v) is 7.28. The predicted octanol–water partition coefficient (Wildman–Crippen LogP) is 0.751. The van der Waals surface area contributed by atoms with Crippen molar-refractivity contribution in [2.45, 2.75) is 32.6 Å². The van der Waals surface area contributed by atoms with Crippen molar-refractivity contribution in [3.63, 3.8) is 0 Å². The van der Waals surface area contributed by atoms with Gasteiger partial charge in [-0.05, 0) is 12.8 Å². The molecule has 0 saturated carbocycles. The van der Waals surface area contributed by atoms with E-state index in [1.165, 1.54) is 9.80 Å². The van der Waals surface area contributed by atoms with Gasteiger partial charge in [0.25, 0.3) is 0 Å². The highest BCUT2D eigenvalue weighted by atomic mass is 16.4. The van der Waals surface area contributed by atoms with Gasteiger partial charge in [-0.1, -0.05) is 13.3 Å². The van der Waals surface area contributed by atoms with Crippen molar-refractivity contribution in [3.8, 4) is 0 Å². The summed E-state index contributed by atoms with van der Waals surface area (Å²) in [6.07, 6.45) is 2.08. The summed E-state index contributed by atoms with van der Waals surface area (Å²) < 4.78 is 0. The molecule has 0 aromatic heterocycles. The van der Waals surface area contributed by atoms with Gasteiger partial charge >= 0.3 is 12.0 Å². The minimum Gasteiger partial charge on any atom is -0.481 e. The molecule has 1 unspecified atom stereocenters. The summed E-state index contributed by atoms with van der Waals surface area (Å²) in [6, 6.07) is -0.291. The predicted molar refractivity (Wildman–Crippen MR) is 77.9 cm³/mol. The van der Waals surface area contributed by atoms with E-state index in [4.69, 9.17) is 0 Å². The Bertz CT molecular complexity index is 411. The van der Waals surface area contributed by atoms with E-state index in [1.54, 1.807) is 14.1 Å². The summed E-state index contributed by atoms with van der Waals surface area (Å²) in [6.45, 7) is 2.89. The first-order valence-electron chi connectivity index (χ1n) is 7.28. The maximum Gasteiger partial charge on any atom is 0.317 e. The molecule has 0 radical (unpaired) electrons. The number of carboxylic acids is 1. The average Bonchev–Trinajstić information content (AvgIpc) is 2.84. The number of carbonyl (C=O) groups excluding carboxylic acids is 2. The zero-order valence-electron chi connectivity index (χ0n) is 13.0. The van der Waals surface area contributed by atoms with Crippen molar-refractivity contribution >= 4 is 17.9 Å². The van der Waals surface area contributed by atoms with Crippen LogP contribution in [0.2, 0.25) is 0 Å². The van der Waals surface area contributed by atoms with E-state index in [9.17, 15) is 19.5 Å². The van der Waals surface area contributed by atoms with Crippen LogP contribution in [0.25, 0.3) is 0 Å². The second kappa shape index (κ2) is 7.28. The van der Waals surface area contributed by atoms with Gasteiger partial charge in [0, 0.05) is 40.2 Å². The highest BCUT2D eigenvalue weighted by molar-refractivity contribution is 5.80. The Morgan fingerprint density at radius 2 is 2.00 bits per heavy atom. The monoisotopic (exact) mass is 299 g/mol. The van der Waals surface area contributed by atoms with E-state index in [0.29, 0.717) is 19.4 Å². The lowest BCUT2D eigenvalue weighted by Gasteiger charge is -2.24. The van der Waals surface area contributed by atoms with Crippen molar-refractivity contribution < 1.29 is 19.5 Å². The number of hydrogen-bond acceptors (Lipinski definition) is 3. The van der Waals surface area contributed by atoms with Crippen molar-refractivity contribution in [2.24, 2.45) is 5.41 Å². The first kappa shape index (κ1) is 17.3. The minimum atomic E-state index is -0.831. The first-order chi connectivity index (χ1) is 9.82. The molecule has 1 heterocycles. The third kappa shape index (κ3) is 4.34. The van der Waals surface area contributed by atoms with Crippen LogP contribution in [0.5, 0.6) is 0 Å². The summed E-state index contributed by atoms with van der Waals surface area (Å²) in [5.74, 6) is -0.884. The molecule has 1 aliphatic heterocycles. The number of nitrogens with zero attached hydrogens (tertiary/aromatic N) is 2. The number of rotatable bonds is 6. The number of hydrogen-bond donors (Lipinski definition) is 2.